The predicted molar refractivity (Wildman–Crippen MR) is 48.9 cm³/mol. The molecule has 0 fully saturated rings. The van der Waals surface area contributed by atoms with E-state index in [9.17, 15) is 0 Å². The largest absolute Gasteiger partial charge is 0.396 e. The van der Waals surface area contributed by atoms with Crippen LogP contribution in [-0.2, 0) is 6.42 Å². The van der Waals surface area contributed by atoms with Crippen LogP contribution in [0.15, 0.2) is 17.5 Å². The molecule has 1 aromatic rings. The van der Waals surface area contributed by atoms with Crippen molar-refractivity contribution < 1.29 is 5.11 Å². The van der Waals surface area contributed by atoms with Crippen molar-refractivity contribution in [3.8, 4) is 0 Å². The normalized spacial score (nSPS) is 13.3. The van der Waals surface area contributed by atoms with Crippen LogP contribution in [0.25, 0.3) is 0 Å². The third kappa shape index (κ3) is 3.04. The summed E-state index contributed by atoms with van der Waals surface area (Å²) >= 11 is 1.79. The molecule has 0 spiro atoms. The fourth-order valence-corrected chi connectivity index (χ4v) is 1.66. The predicted octanol–water partition coefficient (Wildman–Crippen LogP) is 2.31. The van der Waals surface area contributed by atoms with Crippen LogP contribution < -0.4 is 0 Å². The number of hydrogen-bond acceptors (Lipinski definition) is 2. The van der Waals surface area contributed by atoms with Crippen LogP contribution in [-0.4, -0.2) is 11.7 Å². The third-order valence-electron chi connectivity index (χ3n) is 1.78. The van der Waals surface area contributed by atoms with E-state index in [1.807, 2.05) is 0 Å². The number of thiophene rings is 1. The molecule has 0 saturated heterocycles. The van der Waals surface area contributed by atoms with E-state index < -0.39 is 0 Å². The number of rotatable bonds is 4. The van der Waals surface area contributed by atoms with E-state index in [0.717, 1.165) is 12.8 Å². The molecule has 1 rings (SSSR count). The Balaban J connectivity index is 2.23. The van der Waals surface area contributed by atoms with Crippen molar-refractivity contribution in [3.63, 3.8) is 0 Å². The van der Waals surface area contributed by atoms with Gasteiger partial charge in [0, 0.05) is 11.5 Å². The maximum atomic E-state index is 8.77. The van der Waals surface area contributed by atoms with Crippen LogP contribution in [0.4, 0.5) is 0 Å². The lowest BCUT2D eigenvalue weighted by Gasteiger charge is -2.04. The summed E-state index contributed by atoms with van der Waals surface area (Å²) < 4.78 is 0. The summed E-state index contributed by atoms with van der Waals surface area (Å²) in [5.41, 5.74) is 0. The molecule has 0 aromatic carbocycles. The fourth-order valence-electron chi connectivity index (χ4n) is 0.935. The molecule has 0 aliphatic heterocycles. The Morgan fingerprint density at radius 2 is 2.45 bits per heavy atom. The number of hydrogen-bond donors (Lipinski definition) is 1. The lowest BCUT2D eigenvalue weighted by molar-refractivity contribution is 0.231. The van der Waals surface area contributed by atoms with Crippen molar-refractivity contribution in [2.24, 2.45) is 5.92 Å². The number of aliphatic hydroxyl groups is 1. The van der Waals surface area contributed by atoms with E-state index in [1.54, 1.807) is 11.3 Å². The van der Waals surface area contributed by atoms with Gasteiger partial charge in [-0.15, -0.1) is 11.3 Å². The average molecular weight is 170 g/mol. The Morgan fingerprint density at radius 3 is 3.00 bits per heavy atom. The smallest absolute Gasteiger partial charge is 0.0456 e. The van der Waals surface area contributed by atoms with Crippen LogP contribution in [0.3, 0.4) is 0 Å². The van der Waals surface area contributed by atoms with E-state index in [-0.39, 0.29) is 0 Å². The zero-order chi connectivity index (χ0) is 8.10. The summed E-state index contributed by atoms with van der Waals surface area (Å²) in [5.74, 6) is 0.442. The summed E-state index contributed by atoms with van der Waals surface area (Å²) in [5, 5.41) is 10.9. The maximum Gasteiger partial charge on any atom is 0.0456 e. The van der Waals surface area contributed by atoms with Crippen molar-refractivity contribution in [1.82, 2.24) is 0 Å². The molecule has 1 atom stereocenters. The highest BCUT2D eigenvalue weighted by molar-refractivity contribution is 7.09. The second-order valence-corrected chi connectivity index (χ2v) is 3.94. The molecule has 2 heteroatoms. The second kappa shape index (κ2) is 4.52. The molecule has 0 saturated carbocycles. The summed E-state index contributed by atoms with van der Waals surface area (Å²) in [6.07, 6.45) is 2.20. The lowest BCUT2D eigenvalue weighted by Crippen LogP contribution is -2.01. The first-order valence-corrected chi connectivity index (χ1v) is 4.84. The quantitative estimate of drug-likeness (QED) is 0.735. The molecular formula is C9H14OS. The Morgan fingerprint density at radius 1 is 1.64 bits per heavy atom. The van der Waals surface area contributed by atoms with Gasteiger partial charge in [-0.05, 0) is 30.2 Å². The molecule has 1 aromatic heterocycles. The minimum Gasteiger partial charge on any atom is -0.396 e. The Bertz CT molecular complexity index is 181. The van der Waals surface area contributed by atoms with E-state index in [0.29, 0.717) is 12.5 Å². The van der Waals surface area contributed by atoms with Gasteiger partial charge in [0.15, 0.2) is 0 Å². The van der Waals surface area contributed by atoms with Crippen LogP contribution in [0.5, 0.6) is 0 Å². The van der Waals surface area contributed by atoms with Gasteiger partial charge < -0.3 is 5.11 Å². The third-order valence-corrected chi connectivity index (χ3v) is 2.71. The molecular weight excluding hydrogens is 156 g/mol. The topological polar surface area (TPSA) is 20.2 Å². The van der Waals surface area contributed by atoms with Gasteiger partial charge in [-0.2, -0.15) is 0 Å². The number of aryl methyl sites for hydroxylation is 1. The van der Waals surface area contributed by atoms with Gasteiger partial charge in [-0.1, -0.05) is 13.0 Å². The Kier molecular flexibility index (Phi) is 3.60. The summed E-state index contributed by atoms with van der Waals surface area (Å²) in [7, 11) is 0. The monoisotopic (exact) mass is 170 g/mol. The molecule has 1 heterocycles. The van der Waals surface area contributed by atoms with E-state index >= 15 is 0 Å². The summed E-state index contributed by atoms with van der Waals surface area (Å²) in [6, 6.07) is 4.22. The Hall–Kier alpha value is -0.340. The summed E-state index contributed by atoms with van der Waals surface area (Å²) in [6.45, 7) is 2.39. The van der Waals surface area contributed by atoms with E-state index in [1.165, 1.54) is 4.88 Å². The zero-order valence-corrected chi connectivity index (χ0v) is 7.60. The van der Waals surface area contributed by atoms with Crippen molar-refractivity contribution in [3.05, 3.63) is 22.4 Å². The standard InChI is InChI=1S/C9H14OS/c1-8(7-10)4-5-9-3-2-6-11-9/h2-3,6,8,10H,4-5,7H2,1H3. The minimum absolute atomic E-state index is 0.311. The van der Waals surface area contributed by atoms with Gasteiger partial charge in [-0.25, -0.2) is 0 Å². The SMILES string of the molecule is CC(CO)CCc1cccs1. The van der Waals surface area contributed by atoms with E-state index in [2.05, 4.69) is 24.4 Å². The van der Waals surface area contributed by atoms with Gasteiger partial charge in [0.25, 0.3) is 0 Å². The van der Waals surface area contributed by atoms with Gasteiger partial charge in [0.05, 0.1) is 0 Å². The van der Waals surface area contributed by atoms with Gasteiger partial charge in [-0.3, -0.25) is 0 Å². The van der Waals surface area contributed by atoms with Gasteiger partial charge in [0.1, 0.15) is 0 Å². The zero-order valence-electron chi connectivity index (χ0n) is 6.79. The highest BCUT2D eigenvalue weighted by Gasteiger charge is 2.00. The molecule has 11 heavy (non-hydrogen) atoms. The molecule has 1 unspecified atom stereocenters. The van der Waals surface area contributed by atoms with Gasteiger partial charge in [0.2, 0.25) is 0 Å². The highest BCUT2D eigenvalue weighted by atomic mass is 32.1. The Labute approximate surface area is 71.7 Å². The fraction of sp³-hybridized carbons (Fsp3) is 0.556. The van der Waals surface area contributed by atoms with Crippen molar-refractivity contribution in [2.45, 2.75) is 19.8 Å². The first-order valence-electron chi connectivity index (χ1n) is 3.96. The molecule has 0 amide bonds. The highest BCUT2D eigenvalue weighted by Crippen LogP contribution is 2.13. The molecule has 0 aliphatic carbocycles. The maximum absolute atomic E-state index is 8.77. The molecule has 0 aliphatic rings. The average Bonchev–Trinajstić information content (AvgIpc) is 2.52. The van der Waals surface area contributed by atoms with Crippen LogP contribution in [0.1, 0.15) is 18.2 Å². The molecule has 1 nitrogen and oxygen atoms in total. The van der Waals surface area contributed by atoms with Crippen LogP contribution in [0, 0.1) is 5.92 Å². The van der Waals surface area contributed by atoms with E-state index in [4.69, 9.17) is 5.11 Å². The molecule has 0 radical (unpaired) electrons. The first kappa shape index (κ1) is 8.75. The first-order chi connectivity index (χ1) is 5.33. The van der Waals surface area contributed by atoms with Crippen molar-refractivity contribution in [2.75, 3.05) is 6.61 Å². The molecule has 62 valence electrons. The lowest BCUT2D eigenvalue weighted by atomic mass is 10.1. The summed E-state index contributed by atoms with van der Waals surface area (Å²) in [4.78, 5) is 1.42. The number of aliphatic hydroxyl groups excluding tert-OH is 1. The van der Waals surface area contributed by atoms with Crippen LogP contribution in [0.2, 0.25) is 0 Å². The van der Waals surface area contributed by atoms with Crippen molar-refractivity contribution >= 4 is 11.3 Å². The van der Waals surface area contributed by atoms with Crippen LogP contribution >= 0.6 is 11.3 Å². The minimum atomic E-state index is 0.311. The molecule has 1 N–H and O–H groups in total. The molecule has 0 bridgehead atoms. The van der Waals surface area contributed by atoms with Crippen molar-refractivity contribution in [1.29, 1.82) is 0 Å². The van der Waals surface area contributed by atoms with Gasteiger partial charge >= 0.3 is 0 Å². The second-order valence-electron chi connectivity index (χ2n) is 2.91.